The number of hydrogen-bond acceptors (Lipinski definition) is 3. The van der Waals surface area contributed by atoms with E-state index in [1.807, 2.05) is 38.1 Å². The van der Waals surface area contributed by atoms with Crippen LogP contribution in [0.25, 0.3) is 0 Å². The van der Waals surface area contributed by atoms with Crippen LogP contribution in [0, 0.1) is 5.92 Å². The number of nitrogens with one attached hydrogen (secondary N) is 1. The van der Waals surface area contributed by atoms with Crippen molar-refractivity contribution in [3.8, 4) is 5.75 Å². The van der Waals surface area contributed by atoms with E-state index in [0.717, 1.165) is 11.3 Å². The summed E-state index contributed by atoms with van der Waals surface area (Å²) in [4.78, 5) is 11.1. The molecular weight excluding hydrogens is 230 g/mol. The standard InChI is InChI=1S/C14H19NO3/c1-9(2)13(14(16)17)15-7-10-8-18-12-6-4-3-5-11(10)12/h3-6,9-10,13,15H,7-8H2,1-2H3,(H,16,17). The molecule has 0 radical (unpaired) electrons. The lowest BCUT2D eigenvalue weighted by atomic mass is 9.99. The monoisotopic (exact) mass is 249 g/mol. The number of benzene rings is 1. The minimum Gasteiger partial charge on any atom is -0.493 e. The Hall–Kier alpha value is -1.55. The van der Waals surface area contributed by atoms with Crippen LogP contribution in [-0.4, -0.2) is 30.3 Å². The second kappa shape index (κ2) is 5.40. The molecule has 0 spiro atoms. The van der Waals surface area contributed by atoms with E-state index in [9.17, 15) is 4.79 Å². The number of rotatable bonds is 5. The second-order valence-corrected chi connectivity index (χ2v) is 5.01. The molecule has 1 aliphatic heterocycles. The van der Waals surface area contributed by atoms with Crippen molar-refractivity contribution in [2.24, 2.45) is 5.92 Å². The Kier molecular flexibility index (Phi) is 3.87. The number of ether oxygens (including phenoxy) is 1. The molecule has 18 heavy (non-hydrogen) atoms. The van der Waals surface area contributed by atoms with Crippen LogP contribution in [0.3, 0.4) is 0 Å². The third-order valence-electron chi connectivity index (χ3n) is 3.32. The fraction of sp³-hybridized carbons (Fsp3) is 0.500. The minimum atomic E-state index is -0.794. The van der Waals surface area contributed by atoms with Gasteiger partial charge in [0.2, 0.25) is 0 Å². The van der Waals surface area contributed by atoms with Crippen molar-refractivity contribution in [3.63, 3.8) is 0 Å². The van der Waals surface area contributed by atoms with Gasteiger partial charge in [-0.15, -0.1) is 0 Å². The number of para-hydroxylation sites is 1. The highest BCUT2D eigenvalue weighted by Gasteiger charge is 2.27. The molecule has 1 aromatic rings. The lowest BCUT2D eigenvalue weighted by Crippen LogP contribution is -2.42. The van der Waals surface area contributed by atoms with E-state index in [-0.39, 0.29) is 11.8 Å². The highest BCUT2D eigenvalue weighted by Crippen LogP contribution is 2.32. The van der Waals surface area contributed by atoms with Crippen LogP contribution in [0.15, 0.2) is 24.3 Å². The van der Waals surface area contributed by atoms with Gasteiger partial charge in [-0.25, -0.2) is 0 Å². The van der Waals surface area contributed by atoms with Crippen molar-refractivity contribution in [2.45, 2.75) is 25.8 Å². The summed E-state index contributed by atoms with van der Waals surface area (Å²) >= 11 is 0. The third-order valence-corrected chi connectivity index (χ3v) is 3.32. The lowest BCUT2D eigenvalue weighted by molar-refractivity contribution is -0.140. The van der Waals surface area contributed by atoms with Gasteiger partial charge in [0.1, 0.15) is 11.8 Å². The summed E-state index contributed by atoms with van der Waals surface area (Å²) in [5.74, 6) is 0.430. The number of hydrogen-bond donors (Lipinski definition) is 2. The summed E-state index contributed by atoms with van der Waals surface area (Å²) in [6.07, 6.45) is 0. The average Bonchev–Trinajstić information content (AvgIpc) is 2.72. The van der Waals surface area contributed by atoms with Crippen molar-refractivity contribution >= 4 is 5.97 Å². The first-order chi connectivity index (χ1) is 8.59. The molecule has 2 N–H and O–H groups in total. The van der Waals surface area contributed by atoms with E-state index in [2.05, 4.69) is 5.32 Å². The van der Waals surface area contributed by atoms with E-state index < -0.39 is 12.0 Å². The van der Waals surface area contributed by atoms with Crippen molar-refractivity contribution < 1.29 is 14.6 Å². The molecule has 0 saturated carbocycles. The van der Waals surface area contributed by atoms with E-state index in [0.29, 0.717) is 13.2 Å². The molecule has 2 rings (SSSR count). The van der Waals surface area contributed by atoms with E-state index >= 15 is 0 Å². The van der Waals surface area contributed by atoms with Crippen LogP contribution in [0.5, 0.6) is 5.75 Å². The summed E-state index contributed by atoms with van der Waals surface area (Å²) in [5, 5.41) is 12.2. The number of fused-ring (bicyclic) bond motifs is 1. The Morgan fingerprint density at radius 1 is 1.50 bits per heavy atom. The summed E-state index contributed by atoms with van der Waals surface area (Å²) in [7, 11) is 0. The number of carboxylic acid groups (broad SMARTS) is 1. The molecule has 1 aliphatic rings. The van der Waals surface area contributed by atoms with Crippen molar-refractivity contribution in [3.05, 3.63) is 29.8 Å². The molecule has 4 nitrogen and oxygen atoms in total. The van der Waals surface area contributed by atoms with Crippen molar-refractivity contribution in [1.29, 1.82) is 0 Å². The van der Waals surface area contributed by atoms with E-state index in [1.54, 1.807) is 0 Å². The van der Waals surface area contributed by atoms with E-state index in [4.69, 9.17) is 9.84 Å². The maximum Gasteiger partial charge on any atom is 0.320 e. The van der Waals surface area contributed by atoms with Gasteiger partial charge in [0.15, 0.2) is 0 Å². The molecule has 0 aromatic heterocycles. The molecule has 98 valence electrons. The summed E-state index contributed by atoms with van der Waals surface area (Å²) in [6.45, 7) is 5.07. The van der Waals surface area contributed by atoms with Gasteiger partial charge in [-0.1, -0.05) is 32.0 Å². The molecular formula is C14H19NO3. The van der Waals surface area contributed by atoms with Gasteiger partial charge in [0, 0.05) is 18.0 Å². The van der Waals surface area contributed by atoms with Crippen LogP contribution in [-0.2, 0) is 4.79 Å². The topological polar surface area (TPSA) is 58.6 Å². The molecule has 0 saturated heterocycles. The Labute approximate surface area is 107 Å². The molecule has 0 bridgehead atoms. The van der Waals surface area contributed by atoms with Crippen LogP contribution < -0.4 is 10.1 Å². The normalized spacial score (nSPS) is 19.4. The number of carboxylic acids is 1. The molecule has 1 aromatic carbocycles. The Bertz CT molecular complexity index is 431. The maximum atomic E-state index is 11.1. The van der Waals surface area contributed by atoms with E-state index in [1.165, 1.54) is 0 Å². The van der Waals surface area contributed by atoms with Gasteiger partial charge < -0.3 is 15.2 Å². The number of aliphatic carboxylic acids is 1. The Morgan fingerprint density at radius 3 is 2.89 bits per heavy atom. The molecule has 0 amide bonds. The Morgan fingerprint density at radius 2 is 2.22 bits per heavy atom. The van der Waals surface area contributed by atoms with Crippen LogP contribution >= 0.6 is 0 Å². The molecule has 4 heteroatoms. The first-order valence-corrected chi connectivity index (χ1v) is 6.27. The summed E-state index contributed by atoms with van der Waals surface area (Å²) in [6, 6.07) is 7.42. The molecule has 1 heterocycles. The zero-order valence-corrected chi connectivity index (χ0v) is 10.7. The highest BCUT2D eigenvalue weighted by molar-refractivity contribution is 5.73. The molecule has 2 unspecified atom stereocenters. The molecule has 0 fully saturated rings. The highest BCUT2D eigenvalue weighted by atomic mass is 16.5. The van der Waals surface area contributed by atoms with Gasteiger partial charge in [-0.3, -0.25) is 4.79 Å². The Balaban J connectivity index is 1.98. The zero-order valence-electron chi connectivity index (χ0n) is 10.7. The molecule has 2 atom stereocenters. The summed E-state index contributed by atoms with van der Waals surface area (Å²) in [5.41, 5.74) is 1.16. The minimum absolute atomic E-state index is 0.0695. The summed E-state index contributed by atoms with van der Waals surface area (Å²) < 4.78 is 5.58. The van der Waals surface area contributed by atoms with Crippen LogP contribution in [0.2, 0.25) is 0 Å². The predicted octanol–water partition coefficient (Wildman–Crippen LogP) is 1.86. The first kappa shape index (κ1) is 12.9. The maximum absolute atomic E-state index is 11.1. The first-order valence-electron chi connectivity index (χ1n) is 6.27. The third kappa shape index (κ3) is 2.64. The molecule has 0 aliphatic carbocycles. The van der Waals surface area contributed by atoms with Gasteiger partial charge in [0.25, 0.3) is 0 Å². The quantitative estimate of drug-likeness (QED) is 0.836. The smallest absolute Gasteiger partial charge is 0.320 e. The van der Waals surface area contributed by atoms with Crippen LogP contribution in [0.1, 0.15) is 25.3 Å². The second-order valence-electron chi connectivity index (χ2n) is 5.01. The van der Waals surface area contributed by atoms with Gasteiger partial charge in [-0.2, -0.15) is 0 Å². The van der Waals surface area contributed by atoms with Crippen molar-refractivity contribution in [2.75, 3.05) is 13.2 Å². The van der Waals surface area contributed by atoms with Gasteiger partial charge in [-0.05, 0) is 12.0 Å². The fourth-order valence-corrected chi connectivity index (χ4v) is 2.28. The van der Waals surface area contributed by atoms with Crippen molar-refractivity contribution in [1.82, 2.24) is 5.32 Å². The lowest BCUT2D eigenvalue weighted by Gasteiger charge is -2.20. The predicted molar refractivity (Wildman–Crippen MR) is 68.9 cm³/mol. The zero-order chi connectivity index (χ0) is 13.1. The van der Waals surface area contributed by atoms with Gasteiger partial charge >= 0.3 is 5.97 Å². The largest absolute Gasteiger partial charge is 0.493 e. The van der Waals surface area contributed by atoms with Gasteiger partial charge in [0.05, 0.1) is 6.61 Å². The SMILES string of the molecule is CC(C)C(NCC1COc2ccccc21)C(=O)O. The fourth-order valence-electron chi connectivity index (χ4n) is 2.28. The number of carbonyl (C=O) groups is 1. The average molecular weight is 249 g/mol. The van der Waals surface area contributed by atoms with Crippen LogP contribution in [0.4, 0.5) is 0 Å².